The van der Waals surface area contributed by atoms with E-state index in [0.717, 1.165) is 27.8 Å². The van der Waals surface area contributed by atoms with E-state index in [1.165, 1.54) is 0 Å². The van der Waals surface area contributed by atoms with E-state index in [9.17, 15) is 0 Å². The summed E-state index contributed by atoms with van der Waals surface area (Å²) in [5.74, 6) is 0. The fourth-order valence-electron chi connectivity index (χ4n) is 2.42. The molecule has 0 spiro atoms. The summed E-state index contributed by atoms with van der Waals surface area (Å²) in [5.41, 5.74) is 9.73. The lowest BCUT2D eigenvalue weighted by Gasteiger charge is -2.12. The summed E-state index contributed by atoms with van der Waals surface area (Å²) in [5, 5.41) is 5.85. The number of aromatic nitrogens is 1. The van der Waals surface area contributed by atoms with Gasteiger partial charge in [-0.25, -0.2) is 0 Å². The van der Waals surface area contributed by atoms with Crippen LogP contribution in [0.25, 0.3) is 22.2 Å². The molecule has 3 rings (SSSR count). The maximum atomic E-state index is 6.23. The third kappa shape index (κ3) is 2.71. The van der Waals surface area contributed by atoms with Gasteiger partial charge < -0.3 is 10.3 Å². The first-order chi connectivity index (χ1) is 10.2. The number of rotatable bonds is 3. The molecule has 21 heavy (non-hydrogen) atoms. The highest BCUT2D eigenvalue weighted by molar-refractivity contribution is 6.29. The Bertz CT molecular complexity index is 803. The number of benzene rings is 2. The Kier molecular flexibility index (Phi) is 3.78. The average Bonchev–Trinajstić information content (AvgIpc) is 2.90. The molecule has 1 atom stereocenters. The van der Waals surface area contributed by atoms with E-state index in [1.54, 1.807) is 0 Å². The predicted octanol–water partition coefficient (Wildman–Crippen LogP) is 4.64. The van der Waals surface area contributed by atoms with Crippen LogP contribution >= 0.6 is 11.6 Å². The Morgan fingerprint density at radius 2 is 1.90 bits per heavy atom. The van der Waals surface area contributed by atoms with Crippen LogP contribution in [-0.2, 0) is 0 Å². The summed E-state index contributed by atoms with van der Waals surface area (Å²) < 4.78 is 5.39. The summed E-state index contributed by atoms with van der Waals surface area (Å²) in [6.45, 7) is 1.82. The number of hydrogen-bond acceptors (Lipinski definition) is 3. The molecular weight excluding hydrogens is 284 g/mol. The maximum Gasteiger partial charge on any atom is 0.167 e. The molecule has 0 saturated carbocycles. The van der Waals surface area contributed by atoms with Crippen LogP contribution in [0.5, 0.6) is 0 Å². The zero-order chi connectivity index (χ0) is 14.8. The van der Waals surface area contributed by atoms with Crippen LogP contribution in [0.1, 0.15) is 18.5 Å². The SMILES string of the molecule is CC(Cl)=CC(N)c1ccccc1-c1noc2ccccc12. The zero-order valence-electron chi connectivity index (χ0n) is 11.6. The minimum absolute atomic E-state index is 0.283. The smallest absolute Gasteiger partial charge is 0.167 e. The first-order valence-electron chi connectivity index (χ1n) is 6.70. The fourth-order valence-corrected chi connectivity index (χ4v) is 2.56. The molecule has 0 radical (unpaired) electrons. The molecule has 4 heteroatoms. The summed E-state index contributed by atoms with van der Waals surface area (Å²) in [6.07, 6.45) is 1.82. The largest absolute Gasteiger partial charge is 0.356 e. The summed E-state index contributed by atoms with van der Waals surface area (Å²) in [6, 6.07) is 15.4. The molecule has 1 unspecified atom stereocenters. The number of para-hydroxylation sites is 1. The third-order valence-electron chi connectivity index (χ3n) is 3.36. The molecule has 1 aromatic heterocycles. The van der Waals surface area contributed by atoms with Gasteiger partial charge in [-0.05, 0) is 30.7 Å². The molecular formula is C17H15ClN2O. The number of hydrogen-bond donors (Lipinski definition) is 1. The maximum absolute atomic E-state index is 6.23. The number of fused-ring (bicyclic) bond motifs is 1. The van der Waals surface area contributed by atoms with E-state index in [-0.39, 0.29) is 6.04 Å². The van der Waals surface area contributed by atoms with Crippen molar-refractivity contribution in [2.45, 2.75) is 13.0 Å². The van der Waals surface area contributed by atoms with Crippen LogP contribution in [0.3, 0.4) is 0 Å². The molecule has 0 aliphatic rings. The van der Waals surface area contributed by atoms with Gasteiger partial charge in [0.15, 0.2) is 5.58 Å². The topological polar surface area (TPSA) is 52.0 Å². The summed E-state index contributed by atoms with van der Waals surface area (Å²) in [4.78, 5) is 0. The molecule has 0 fully saturated rings. The van der Waals surface area contributed by atoms with Gasteiger partial charge in [0.2, 0.25) is 0 Å². The molecule has 3 nitrogen and oxygen atoms in total. The Morgan fingerprint density at radius 3 is 2.71 bits per heavy atom. The van der Waals surface area contributed by atoms with Crippen molar-refractivity contribution in [3.63, 3.8) is 0 Å². The van der Waals surface area contributed by atoms with Crippen molar-refractivity contribution in [1.29, 1.82) is 0 Å². The predicted molar refractivity (Wildman–Crippen MR) is 86.0 cm³/mol. The van der Waals surface area contributed by atoms with Crippen LogP contribution in [0.15, 0.2) is 64.2 Å². The van der Waals surface area contributed by atoms with Gasteiger partial charge in [-0.3, -0.25) is 0 Å². The quantitative estimate of drug-likeness (QED) is 0.766. The van der Waals surface area contributed by atoms with Gasteiger partial charge in [0.05, 0.1) is 6.04 Å². The van der Waals surface area contributed by atoms with E-state index in [4.69, 9.17) is 21.9 Å². The molecule has 2 aromatic carbocycles. The molecule has 1 heterocycles. The van der Waals surface area contributed by atoms with Crippen LogP contribution in [0, 0.1) is 0 Å². The van der Waals surface area contributed by atoms with Gasteiger partial charge in [0.1, 0.15) is 5.69 Å². The number of nitrogens with two attached hydrogens (primary N) is 1. The molecule has 106 valence electrons. The second-order valence-corrected chi connectivity index (χ2v) is 5.49. The third-order valence-corrected chi connectivity index (χ3v) is 3.49. The molecule has 0 aliphatic carbocycles. The molecule has 0 bridgehead atoms. The van der Waals surface area contributed by atoms with Crippen LogP contribution < -0.4 is 5.73 Å². The Hall–Kier alpha value is -2.10. The van der Waals surface area contributed by atoms with Gasteiger partial charge in [0.25, 0.3) is 0 Å². The van der Waals surface area contributed by atoms with Crippen molar-refractivity contribution in [3.05, 3.63) is 65.2 Å². The fraction of sp³-hybridized carbons (Fsp3) is 0.118. The average molecular weight is 299 g/mol. The van der Waals surface area contributed by atoms with E-state index >= 15 is 0 Å². The van der Waals surface area contributed by atoms with Crippen molar-refractivity contribution in [1.82, 2.24) is 5.16 Å². The lowest BCUT2D eigenvalue weighted by molar-refractivity contribution is 0.459. The Morgan fingerprint density at radius 1 is 1.19 bits per heavy atom. The Labute approximate surface area is 128 Å². The van der Waals surface area contributed by atoms with Gasteiger partial charge >= 0.3 is 0 Å². The van der Waals surface area contributed by atoms with Crippen molar-refractivity contribution < 1.29 is 4.52 Å². The summed E-state index contributed by atoms with van der Waals surface area (Å²) >= 11 is 5.94. The zero-order valence-corrected chi connectivity index (χ0v) is 12.3. The molecule has 3 aromatic rings. The van der Waals surface area contributed by atoms with Gasteiger partial charge in [-0.2, -0.15) is 0 Å². The molecule has 0 amide bonds. The minimum atomic E-state index is -0.283. The lowest BCUT2D eigenvalue weighted by atomic mass is 9.96. The summed E-state index contributed by atoms with van der Waals surface area (Å²) in [7, 11) is 0. The van der Waals surface area contributed by atoms with E-state index in [0.29, 0.717) is 5.03 Å². The second kappa shape index (κ2) is 5.72. The van der Waals surface area contributed by atoms with Crippen molar-refractivity contribution in [3.8, 4) is 11.3 Å². The van der Waals surface area contributed by atoms with Gasteiger partial charge in [0, 0.05) is 16.0 Å². The van der Waals surface area contributed by atoms with Crippen molar-refractivity contribution >= 4 is 22.6 Å². The van der Waals surface area contributed by atoms with Crippen LogP contribution in [0.2, 0.25) is 0 Å². The molecule has 2 N–H and O–H groups in total. The molecule has 0 aliphatic heterocycles. The Balaban J connectivity index is 2.17. The molecule has 0 saturated heterocycles. The number of halogens is 1. The first-order valence-corrected chi connectivity index (χ1v) is 7.08. The standard InChI is InChI=1S/C17H15ClN2O/c1-11(18)10-15(19)12-6-2-3-7-13(12)17-14-8-4-5-9-16(14)21-20-17/h2-10,15H,19H2,1H3. The van der Waals surface area contributed by atoms with Crippen molar-refractivity contribution in [2.24, 2.45) is 5.73 Å². The lowest BCUT2D eigenvalue weighted by Crippen LogP contribution is -2.08. The highest BCUT2D eigenvalue weighted by Gasteiger charge is 2.16. The van der Waals surface area contributed by atoms with Gasteiger partial charge in [-0.1, -0.05) is 53.2 Å². The second-order valence-electron chi connectivity index (χ2n) is 4.89. The van der Waals surface area contributed by atoms with Crippen LogP contribution in [0.4, 0.5) is 0 Å². The highest BCUT2D eigenvalue weighted by atomic mass is 35.5. The van der Waals surface area contributed by atoms with Crippen molar-refractivity contribution in [2.75, 3.05) is 0 Å². The monoisotopic (exact) mass is 298 g/mol. The highest BCUT2D eigenvalue weighted by Crippen LogP contribution is 2.32. The first kappa shape index (κ1) is 13.9. The van der Waals surface area contributed by atoms with E-state index in [1.807, 2.05) is 61.5 Å². The minimum Gasteiger partial charge on any atom is -0.356 e. The van der Waals surface area contributed by atoms with Crippen LogP contribution in [-0.4, -0.2) is 5.16 Å². The normalized spacial score (nSPS) is 13.6. The number of allylic oxidation sites excluding steroid dienone is 1. The number of nitrogens with zero attached hydrogens (tertiary/aromatic N) is 1. The van der Waals surface area contributed by atoms with Gasteiger partial charge in [-0.15, -0.1) is 0 Å². The van der Waals surface area contributed by atoms with E-state index < -0.39 is 0 Å². The van der Waals surface area contributed by atoms with E-state index in [2.05, 4.69) is 5.16 Å².